The van der Waals surface area contributed by atoms with Gasteiger partial charge in [-0.3, -0.25) is 0 Å². The van der Waals surface area contributed by atoms with E-state index in [1.165, 1.54) is 5.56 Å². The maximum absolute atomic E-state index is 4.41. The smallest absolute Gasteiger partial charge is 0.144 e. The minimum Gasteiger partial charge on any atom is -0.340 e. The number of rotatable bonds is 4. The minimum absolute atomic E-state index is 0.662. The Morgan fingerprint density at radius 3 is 2.83 bits per heavy atom. The van der Waals surface area contributed by atoms with E-state index in [1.54, 1.807) is 6.20 Å². The van der Waals surface area contributed by atoms with Gasteiger partial charge in [-0.1, -0.05) is 15.9 Å². The third-order valence-corrected chi connectivity index (χ3v) is 3.36. The monoisotopic (exact) mass is 306 g/mol. The molecule has 2 rings (SSSR count). The van der Waals surface area contributed by atoms with E-state index in [0.29, 0.717) is 6.54 Å². The lowest BCUT2D eigenvalue weighted by Gasteiger charge is -2.08. The highest BCUT2D eigenvalue weighted by atomic mass is 79.9. The van der Waals surface area contributed by atoms with Gasteiger partial charge in [-0.05, 0) is 43.8 Å². The first-order valence-corrected chi connectivity index (χ1v) is 6.48. The Morgan fingerprint density at radius 2 is 2.11 bits per heavy atom. The van der Waals surface area contributed by atoms with Gasteiger partial charge in [0.15, 0.2) is 0 Å². The SMILES string of the molecule is CNCc1nccc(Nc2ccc(Br)c(C)c2)n1. The lowest BCUT2D eigenvalue weighted by molar-refractivity contribution is 0.759. The van der Waals surface area contributed by atoms with E-state index in [9.17, 15) is 0 Å². The summed E-state index contributed by atoms with van der Waals surface area (Å²) in [6.45, 7) is 2.72. The maximum Gasteiger partial charge on any atom is 0.144 e. The second kappa shape index (κ2) is 5.93. The molecule has 0 unspecified atom stereocenters. The summed E-state index contributed by atoms with van der Waals surface area (Å²) in [4.78, 5) is 8.59. The number of hydrogen-bond acceptors (Lipinski definition) is 4. The fourth-order valence-corrected chi connectivity index (χ4v) is 1.83. The quantitative estimate of drug-likeness (QED) is 0.911. The Balaban J connectivity index is 2.17. The average molecular weight is 307 g/mol. The van der Waals surface area contributed by atoms with Crippen molar-refractivity contribution in [2.24, 2.45) is 0 Å². The molecule has 0 aliphatic rings. The summed E-state index contributed by atoms with van der Waals surface area (Å²) in [6.07, 6.45) is 1.76. The van der Waals surface area contributed by atoms with Gasteiger partial charge in [-0.15, -0.1) is 0 Å². The molecule has 0 radical (unpaired) electrons. The number of aryl methyl sites for hydroxylation is 1. The van der Waals surface area contributed by atoms with Crippen molar-refractivity contribution < 1.29 is 0 Å². The highest BCUT2D eigenvalue weighted by molar-refractivity contribution is 9.10. The molecule has 2 N–H and O–H groups in total. The van der Waals surface area contributed by atoms with Crippen LogP contribution in [0.15, 0.2) is 34.9 Å². The molecule has 2 aromatic rings. The summed E-state index contributed by atoms with van der Waals surface area (Å²) in [6, 6.07) is 7.96. The van der Waals surface area contributed by atoms with Crippen LogP contribution in [-0.4, -0.2) is 17.0 Å². The molecule has 0 saturated carbocycles. The minimum atomic E-state index is 0.662. The van der Waals surface area contributed by atoms with Crippen LogP contribution in [0.4, 0.5) is 11.5 Å². The molecule has 1 aromatic heterocycles. The molecular formula is C13H15BrN4. The van der Waals surface area contributed by atoms with Crippen LogP contribution in [0.1, 0.15) is 11.4 Å². The Labute approximate surface area is 115 Å². The molecular weight excluding hydrogens is 292 g/mol. The zero-order valence-electron chi connectivity index (χ0n) is 10.4. The number of hydrogen-bond donors (Lipinski definition) is 2. The third kappa shape index (κ3) is 3.27. The number of benzene rings is 1. The second-order valence-electron chi connectivity index (χ2n) is 3.98. The number of anilines is 2. The van der Waals surface area contributed by atoms with Gasteiger partial charge in [0.25, 0.3) is 0 Å². The van der Waals surface area contributed by atoms with Crippen molar-refractivity contribution in [1.29, 1.82) is 0 Å². The van der Waals surface area contributed by atoms with E-state index >= 15 is 0 Å². The van der Waals surface area contributed by atoms with Crippen LogP contribution in [0.25, 0.3) is 0 Å². The Morgan fingerprint density at radius 1 is 1.28 bits per heavy atom. The molecule has 18 heavy (non-hydrogen) atoms. The van der Waals surface area contributed by atoms with Crippen LogP contribution in [0.3, 0.4) is 0 Å². The van der Waals surface area contributed by atoms with Crippen molar-refractivity contribution in [2.45, 2.75) is 13.5 Å². The van der Waals surface area contributed by atoms with Gasteiger partial charge in [-0.25, -0.2) is 9.97 Å². The van der Waals surface area contributed by atoms with Crippen LogP contribution in [-0.2, 0) is 6.54 Å². The second-order valence-corrected chi connectivity index (χ2v) is 4.83. The van der Waals surface area contributed by atoms with E-state index in [1.807, 2.05) is 25.2 Å². The van der Waals surface area contributed by atoms with Gasteiger partial charge >= 0.3 is 0 Å². The van der Waals surface area contributed by atoms with Gasteiger partial charge in [-0.2, -0.15) is 0 Å². The summed E-state index contributed by atoms with van der Waals surface area (Å²) in [7, 11) is 1.88. The highest BCUT2D eigenvalue weighted by Gasteiger charge is 2.01. The van der Waals surface area contributed by atoms with Gasteiger partial charge < -0.3 is 10.6 Å². The normalized spacial score (nSPS) is 10.4. The molecule has 4 nitrogen and oxygen atoms in total. The Kier molecular flexibility index (Phi) is 4.28. The lowest BCUT2D eigenvalue weighted by Crippen LogP contribution is -2.09. The Bertz CT molecular complexity index is 542. The molecule has 0 bridgehead atoms. The van der Waals surface area contributed by atoms with Crippen LogP contribution in [0, 0.1) is 6.92 Å². The van der Waals surface area contributed by atoms with Crippen LogP contribution < -0.4 is 10.6 Å². The largest absolute Gasteiger partial charge is 0.340 e. The van der Waals surface area contributed by atoms with E-state index in [2.05, 4.69) is 49.5 Å². The highest BCUT2D eigenvalue weighted by Crippen LogP contribution is 2.22. The summed E-state index contributed by atoms with van der Waals surface area (Å²) >= 11 is 3.49. The Hall–Kier alpha value is -1.46. The topological polar surface area (TPSA) is 49.8 Å². The predicted molar refractivity (Wildman–Crippen MR) is 77.0 cm³/mol. The molecule has 5 heteroatoms. The molecule has 1 aromatic carbocycles. The first-order valence-electron chi connectivity index (χ1n) is 5.69. The predicted octanol–water partition coefficient (Wildman–Crippen LogP) is 3.01. The summed E-state index contributed by atoms with van der Waals surface area (Å²) < 4.78 is 1.10. The fraction of sp³-hybridized carbons (Fsp3) is 0.231. The zero-order chi connectivity index (χ0) is 13.0. The average Bonchev–Trinajstić information content (AvgIpc) is 2.35. The van der Waals surface area contributed by atoms with E-state index < -0.39 is 0 Å². The van der Waals surface area contributed by atoms with Gasteiger partial charge in [0.1, 0.15) is 11.6 Å². The van der Waals surface area contributed by atoms with Crippen LogP contribution in [0.2, 0.25) is 0 Å². The maximum atomic E-state index is 4.41. The number of nitrogens with one attached hydrogen (secondary N) is 2. The van der Waals surface area contributed by atoms with Crippen molar-refractivity contribution in [3.8, 4) is 0 Å². The summed E-state index contributed by atoms with van der Waals surface area (Å²) in [5, 5.41) is 6.30. The molecule has 0 atom stereocenters. The van der Waals surface area contributed by atoms with Gasteiger partial charge in [0.05, 0.1) is 6.54 Å². The third-order valence-electron chi connectivity index (χ3n) is 2.47. The van der Waals surface area contributed by atoms with Crippen molar-refractivity contribution in [1.82, 2.24) is 15.3 Å². The fourth-order valence-electron chi connectivity index (χ4n) is 1.58. The van der Waals surface area contributed by atoms with Crippen molar-refractivity contribution >= 4 is 27.4 Å². The van der Waals surface area contributed by atoms with E-state index in [0.717, 1.165) is 21.8 Å². The van der Waals surface area contributed by atoms with E-state index in [-0.39, 0.29) is 0 Å². The van der Waals surface area contributed by atoms with Crippen LogP contribution >= 0.6 is 15.9 Å². The molecule has 0 saturated heterocycles. The van der Waals surface area contributed by atoms with Crippen molar-refractivity contribution in [3.63, 3.8) is 0 Å². The zero-order valence-corrected chi connectivity index (χ0v) is 12.0. The van der Waals surface area contributed by atoms with Gasteiger partial charge in [0.2, 0.25) is 0 Å². The lowest BCUT2D eigenvalue weighted by atomic mass is 10.2. The molecule has 0 amide bonds. The first-order chi connectivity index (χ1) is 8.69. The molecule has 0 fully saturated rings. The number of halogens is 1. The van der Waals surface area contributed by atoms with Gasteiger partial charge in [0, 0.05) is 16.4 Å². The van der Waals surface area contributed by atoms with E-state index in [4.69, 9.17) is 0 Å². The summed E-state index contributed by atoms with van der Waals surface area (Å²) in [5.41, 5.74) is 2.20. The number of aromatic nitrogens is 2. The van der Waals surface area contributed by atoms with Crippen molar-refractivity contribution in [3.05, 3.63) is 46.3 Å². The molecule has 0 aliphatic heterocycles. The number of nitrogens with zero attached hydrogens (tertiary/aromatic N) is 2. The molecule has 94 valence electrons. The summed E-state index contributed by atoms with van der Waals surface area (Å²) in [5.74, 6) is 1.58. The first kappa shape index (κ1) is 13.0. The molecule has 0 aliphatic carbocycles. The molecule has 0 spiro atoms. The van der Waals surface area contributed by atoms with Crippen LogP contribution in [0.5, 0.6) is 0 Å². The van der Waals surface area contributed by atoms with Crippen molar-refractivity contribution in [2.75, 3.05) is 12.4 Å². The molecule has 1 heterocycles. The standard InChI is InChI=1S/C13H15BrN4/c1-9-7-10(3-4-11(9)14)17-12-5-6-16-13(18-12)8-15-2/h3-7,15H,8H2,1-2H3,(H,16,17,18).